The summed E-state index contributed by atoms with van der Waals surface area (Å²) in [5.41, 5.74) is 5.43. The van der Waals surface area contributed by atoms with Crippen LogP contribution in [0.3, 0.4) is 0 Å². The average Bonchev–Trinajstić information content (AvgIpc) is 3.09. The van der Waals surface area contributed by atoms with E-state index in [0.29, 0.717) is 0 Å². The average molecular weight is 381 g/mol. The summed E-state index contributed by atoms with van der Waals surface area (Å²) < 4.78 is 0. The normalized spacial score (nSPS) is 14.0. The number of aryl methyl sites for hydroxylation is 3. The zero-order chi connectivity index (χ0) is 19.7. The highest BCUT2D eigenvalue weighted by molar-refractivity contribution is 7.16. The number of allylic oxidation sites excluding steroid dienone is 4. The second kappa shape index (κ2) is 7.41. The molecule has 0 heterocycles. The van der Waals surface area contributed by atoms with Crippen LogP contribution >= 0.6 is 0 Å². The lowest BCUT2D eigenvalue weighted by Gasteiger charge is -2.36. The Morgan fingerprint density at radius 2 is 1.00 bits per heavy atom. The maximum Gasteiger partial charge on any atom is 0.179 e. The van der Waals surface area contributed by atoms with Crippen LogP contribution in [-0.4, -0.2) is 8.07 Å². The van der Waals surface area contributed by atoms with E-state index in [9.17, 15) is 0 Å². The van der Waals surface area contributed by atoms with Crippen molar-refractivity contribution in [3.8, 4) is 0 Å². The third-order valence-electron chi connectivity index (χ3n) is 5.93. The smallest absolute Gasteiger partial charge is 0.0801 e. The van der Waals surface area contributed by atoms with Gasteiger partial charge in [0, 0.05) is 0 Å². The van der Waals surface area contributed by atoms with Crippen LogP contribution in [0, 0.1) is 20.8 Å². The Balaban J connectivity index is 2.16. The molecule has 0 amide bonds. The van der Waals surface area contributed by atoms with Crippen LogP contribution in [0.2, 0.25) is 0 Å². The molecule has 140 valence electrons. The van der Waals surface area contributed by atoms with Gasteiger partial charge in [-0.2, -0.15) is 0 Å². The van der Waals surface area contributed by atoms with E-state index in [-0.39, 0.29) is 0 Å². The first-order valence-corrected chi connectivity index (χ1v) is 12.1. The van der Waals surface area contributed by atoms with Crippen LogP contribution < -0.4 is 15.6 Å². The van der Waals surface area contributed by atoms with Gasteiger partial charge in [-0.15, -0.1) is 0 Å². The highest BCUT2D eigenvalue weighted by Crippen LogP contribution is 2.29. The summed E-state index contributed by atoms with van der Waals surface area (Å²) >= 11 is 0. The standard InChI is InChI=1S/C27H28Si/c1-20-9-5-13-24(17-20)28(27-16-8-12-23(27)4,25-14-6-10-21(2)18-25)26-15-7-11-22(3)19-26/h5-7,9-19H,8H2,1-4H3. The predicted molar refractivity (Wildman–Crippen MR) is 125 cm³/mol. The second-order valence-corrected chi connectivity index (χ2v) is 11.9. The molecule has 0 aliphatic heterocycles. The quantitative estimate of drug-likeness (QED) is 0.446. The van der Waals surface area contributed by atoms with E-state index in [0.717, 1.165) is 6.42 Å². The molecule has 0 aromatic heterocycles. The molecule has 0 saturated carbocycles. The van der Waals surface area contributed by atoms with Crippen molar-refractivity contribution in [2.75, 3.05) is 0 Å². The number of hydrogen-bond donors (Lipinski definition) is 0. The molecule has 28 heavy (non-hydrogen) atoms. The Labute approximate surface area is 170 Å². The largest absolute Gasteiger partial charge is 0.179 e. The van der Waals surface area contributed by atoms with Crippen molar-refractivity contribution in [3.05, 3.63) is 112 Å². The fraction of sp³-hybridized carbons (Fsp3) is 0.185. The highest BCUT2D eigenvalue weighted by atomic mass is 28.3. The summed E-state index contributed by atoms with van der Waals surface area (Å²) in [6.07, 6.45) is 5.91. The maximum absolute atomic E-state index is 2.48. The van der Waals surface area contributed by atoms with Gasteiger partial charge in [0.25, 0.3) is 0 Å². The first-order valence-electron chi connectivity index (χ1n) is 10.1. The lowest BCUT2D eigenvalue weighted by Crippen LogP contribution is -2.68. The van der Waals surface area contributed by atoms with Crippen molar-refractivity contribution in [2.45, 2.75) is 34.1 Å². The van der Waals surface area contributed by atoms with Crippen LogP contribution in [-0.2, 0) is 0 Å². The molecule has 0 nitrogen and oxygen atoms in total. The number of hydrogen-bond acceptors (Lipinski definition) is 0. The lowest BCUT2D eigenvalue weighted by atomic mass is 10.2. The summed E-state index contributed by atoms with van der Waals surface area (Å²) in [7, 11) is -2.36. The van der Waals surface area contributed by atoms with Gasteiger partial charge in [0.05, 0.1) is 0 Å². The minimum Gasteiger partial charge on any atom is -0.0801 e. The first kappa shape index (κ1) is 18.7. The molecule has 1 aliphatic rings. The zero-order valence-electron chi connectivity index (χ0n) is 17.3. The number of benzene rings is 3. The summed E-state index contributed by atoms with van der Waals surface area (Å²) in [6.45, 7) is 8.92. The maximum atomic E-state index is 2.48. The fourth-order valence-electron chi connectivity index (χ4n) is 4.67. The minimum absolute atomic E-state index is 1.04. The predicted octanol–water partition coefficient (Wildman–Crippen LogP) is 4.90. The Morgan fingerprint density at radius 1 is 0.571 bits per heavy atom. The van der Waals surface area contributed by atoms with Crippen molar-refractivity contribution < 1.29 is 0 Å². The molecular formula is C27H28Si. The molecule has 3 aromatic carbocycles. The van der Waals surface area contributed by atoms with Crippen molar-refractivity contribution in [2.24, 2.45) is 0 Å². The Kier molecular flexibility index (Phi) is 4.95. The van der Waals surface area contributed by atoms with E-state index >= 15 is 0 Å². The van der Waals surface area contributed by atoms with Gasteiger partial charge in [0.1, 0.15) is 0 Å². The molecule has 0 saturated heterocycles. The van der Waals surface area contributed by atoms with Crippen LogP contribution in [0.4, 0.5) is 0 Å². The Hall–Kier alpha value is -2.64. The molecule has 0 fully saturated rings. The molecular weight excluding hydrogens is 352 g/mol. The second-order valence-electron chi connectivity index (χ2n) is 8.10. The van der Waals surface area contributed by atoms with E-state index in [4.69, 9.17) is 0 Å². The molecule has 1 aliphatic carbocycles. The van der Waals surface area contributed by atoms with Gasteiger partial charge in [-0.1, -0.05) is 107 Å². The number of rotatable bonds is 4. The Bertz CT molecular complexity index is 974. The molecule has 0 spiro atoms. The zero-order valence-corrected chi connectivity index (χ0v) is 18.3. The molecule has 0 bridgehead atoms. The highest BCUT2D eigenvalue weighted by Gasteiger charge is 2.44. The lowest BCUT2D eigenvalue weighted by molar-refractivity contribution is 1.42. The summed E-state index contributed by atoms with van der Waals surface area (Å²) in [5.74, 6) is 0. The topological polar surface area (TPSA) is 0 Å². The van der Waals surface area contributed by atoms with E-state index < -0.39 is 8.07 Å². The molecule has 0 radical (unpaired) electrons. The van der Waals surface area contributed by atoms with Gasteiger partial charge in [-0.05, 0) is 54.9 Å². The van der Waals surface area contributed by atoms with E-state index in [1.165, 1.54) is 37.8 Å². The van der Waals surface area contributed by atoms with Gasteiger partial charge < -0.3 is 0 Å². The fourth-order valence-corrected chi connectivity index (χ4v) is 10.1. The van der Waals surface area contributed by atoms with Gasteiger partial charge >= 0.3 is 0 Å². The van der Waals surface area contributed by atoms with Crippen LogP contribution in [0.5, 0.6) is 0 Å². The SMILES string of the molecule is CC1=CCC=C1[Si](c1cccc(C)c1)(c1cccc(C)c1)c1cccc(C)c1. The van der Waals surface area contributed by atoms with Gasteiger partial charge in [0.15, 0.2) is 8.07 Å². The molecule has 0 N–H and O–H groups in total. The first-order chi connectivity index (χ1) is 13.5. The third kappa shape index (κ3) is 3.10. The van der Waals surface area contributed by atoms with Crippen molar-refractivity contribution in [1.29, 1.82) is 0 Å². The van der Waals surface area contributed by atoms with E-state index in [1.807, 2.05) is 0 Å². The van der Waals surface area contributed by atoms with E-state index in [1.54, 1.807) is 5.20 Å². The summed E-state index contributed by atoms with van der Waals surface area (Å²) in [6, 6.07) is 27.6. The summed E-state index contributed by atoms with van der Waals surface area (Å²) in [4.78, 5) is 0. The van der Waals surface area contributed by atoms with Crippen molar-refractivity contribution in [3.63, 3.8) is 0 Å². The monoisotopic (exact) mass is 380 g/mol. The van der Waals surface area contributed by atoms with Crippen molar-refractivity contribution >= 4 is 23.6 Å². The molecule has 1 heteroatoms. The molecule has 0 unspecified atom stereocenters. The van der Waals surface area contributed by atoms with Gasteiger partial charge in [-0.25, -0.2) is 0 Å². The summed E-state index contributed by atoms with van der Waals surface area (Å²) in [5, 5.41) is 5.98. The van der Waals surface area contributed by atoms with Crippen LogP contribution in [0.15, 0.2) is 95.7 Å². The molecule has 0 atom stereocenters. The molecule has 3 aromatic rings. The molecule has 4 rings (SSSR count). The van der Waals surface area contributed by atoms with Crippen LogP contribution in [0.1, 0.15) is 30.0 Å². The van der Waals surface area contributed by atoms with Crippen molar-refractivity contribution in [1.82, 2.24) is 0 Å². The van der Waals surface area contributed by atoms with Gasteiger partial charge in [0.2, 0.25) is 0 Å². The Morgan fingerprint density at radius 3 is 1.32 bits per heavy atom. The third-order valence-corrected chi connectivity index (χ3v) is 10.9. The van der Waals surface area contributed by atoms with E-state index in [2.05, 4.69) is 113 Å². The van der Waals surface area contributed by atoms with Gasteiger partial charge in [-0.3, -0.25) is 0 Å². The minimum atomic E-state index is -2.36. The van der Waals surface area contributed by atoms with Crippen LogP contribution in [0.25, 0.3) is 0 Å².